The smallest absolute Gasteiger partial charge is 0.333 e. The Labute approximate surface area is 251 Å². The van der Waals surface area contributed by atoms with Gasteiger partial charge in [-0.15, -0.1) is 0 Å². The van der Waals surface area contributed by atoms with Gasteiger partial charge in [-0.25, -0.2) is 4.79 Å². The number of carbonyl (C=O) groups excluding carboxylic acids is 2. The van der Waals surface area contributed by atoms with Crippen molar-refractivity contribution in [1.82, 2.24) is 0 Å². The molecule has 0 radical (unpaired) electrons. The summed E-state index contributed by atoms with van der Waals surface area (Å²) in [6.45, 7) is 35.7. The van der Waals surface area contributed by atoms with Crippen LogP contribution in [-0.4, -0.2) is 59.8 Å². The number of carbonyl (C=O) groups is 2. The Hall–Kier alpha value is -1.44. The molecule has 0 aliphatic carbocycles. The van der Waals surface area contributed by atoms with Gasteiger partial charge in [0.1, 0.15) is 18.8 Å². The quantitative estimate of drug-likeness (QED) is 0.156. The lowest BCUT2D eigenvalue weighted by Gasteiger charge is -2.60. The van der Waals surface area contributed by atoms with Gasteiger partial charge in [0.15, 0.2) is 0 Å². The molecule has 0 spiro atoms. The Bertz CT molecular complexity index is 888. The largest absolute Gasteiger partial charge is 0.462 e. The Morgan fingerprint density at radius 3 is 1.63 bits per heavy atom. The number of ether oxygens (including phenoxy) is 3. The van der Waals surface area contributed by atoms with Crippen LogP contribution in [0.15, 0.2) is 12.2 Å². The number of aliphatic hydroxyl groups is 2. The third kappa shape index (κ3) is 9.79. The van der Waals surface area contributed by atoms with Crippen LogP contribution in [0.25, 0.3) is 0 Å². The zero-order valence-electron chi connectivity index (χ0n) is 29.3. The minimum atomic E-state index is -1.01. The van der Waals surface area contributed by atoms with Gasteiger partial charge in [-0.3, -0.25) is 4.79 Å². The Kier molecular flexibility index (Phi) is 13.4. The van der Waals surface area contributed by atoms with Crippen LogP contribution >= 0.6 is 0 Å². The van der Waals surface area contributed by atoms with Gasteiger partial charge in [0.05, 0.1) is 18.8 Å². The van der Waals surface area contributed by atoms with Crippen molar-refractivity contribution in [3.05, 3.63) is 12.2 Å². The average molecular weight is 585 g/mol. The van der Waals surface area contributed by atoms with E-state index < -0.39 is 45.9 Å². The highest BCUT2D eigenvalue weighted by Gasteiger charge is 2.60. The summed E-state index contributed by atoms with van der Waals surface area (Å²) in [6, 6.07) is 0. The summed E-state index contributed by atoms with van der Waals surface area (Å²) >= 11 is 0. The molecule has 0 heterocycles. The van der Waals surface area contributed by atoms with E-state index in [4.69, 9.17) is 14.2 Å². The summed E-state index contributed by atoms with van der Waals surface area (Å²) in [5, 5.41) is 23.0. The van der Waals surface area contributed by atoms with Crippen molar-refractivity contribution < 1.29 is 34.0 Å². The van der Waals surface area contributed by atoms with Gasteiger partial charge in [0.2, 0.25) is 0 Å². The summed E-state index contributed by atoms with van der Waals surface area (Å²) in [4.78, 5) is 24.0. The number of rotatable bonds is 15. The van der Waals surface area contributed by atoms with Crippen LogP contribution in [0.4, 0.5) is 0 Å². The van der Waals surface area contributed by atoms with Crippen LogP contribution in [0.3, 0.4) is 0 Å². The molecule has 0 aliphatic heterocycles. The van der Waals surface area contributed by atoms with Gasteiger partial charge in [-0.05, 0) is 41.4 Å². The van der Waals surface area contributed by atoms with Gasteiger partial charge in [-0.1, -0.05) is 104 Å². The van der Waals surface area contributed by atoms with Crippen molar-refractivity contribution in [1.29, 1.82) is 0 Å². The van der Waals surface area contributed by atoms with Gasteiger partial charge < -0.3 is 24.4 Å². The van der Waals surface area contributed by atoms with Gasteiger partial charge >= 0.3 is 11.9 Å². The normalized spacial score (nSPS) is 18.1. The van der Waals surface area contributed by atoms with Crippen LogP contribution in [-0.2, 0) is 23.8 Å². The first-order valence-electron chi connectivity index (χ1n) is 15.1. The minimum absolute atomic E-state index is 0.0301. The highest BCUT2D eigenvalue weighted by molar-refractivity contribution is 5.86. The molecular weight excluding hydrogens is 520 g/mol. The van der Waals surface area contributed by atoms with Crippen LogP contribution in [0, 0.1) is 32.5 Å². The van der Waals surface area contributed by atoms with Crippen LogP contribution in [0.2, 0.25) is 0 Å². The molecule has 0 saturated heterocycles. The van der Waals surface area contributed by atoms with E-state index in [1.807, 2.05) is 0 Å². The van der Waals surface area contributed by atoms with E-state index in [2.05, 4.69) is 104 Å². The van der Waals surface area contributed by atoms with E-state index in [0.29, 0.717) is 12.8 Å². The second-order valence-corrected chi connectivity index (χ2v) is 16.3. The van der Waals surface area contributed by atoms with Crippen LogP contribution in [0.1, 0.15) is 124 Å². The number of esters is 2. The van der Waals surface area contributed by atoms with Crippen molar-refractivity contribution >= 4 is 11.9 Å². The van der Waals surface area contributed by atoms with E-state index >= 15 is 0 Å². The molecule has 0 bridgehead atoms. The molecular formula is C34H64O7. The molecule has 0 saturated carbocycles. The first-order chi connectivity index (χ1) is 18.1. The van der Waals surface area contributed by atoms with Crippen molar-refractivity contribution in [2.45, 2.75) is 148 Å². The van der Waals surface area contributed by atoms with Crippen molar-refractivity contribution in [2.75, 3.05) is 13.2 Å². The van der Waals surface area contributed by atoms with Gasteiger partial charge in [0.25, 0.3) is 0 Å². The van der Waals surface area contributed by atoms with Gasteiger partial charge in [0, 0.05) is 23.3 Å². The summed E-state index contributed by atoms with van der Waals surface area (Å²) < 4.78 is 17.5. The molecule has 0 aliphatic rings. The third-order valence-corrected chi connectivity index (χ3v) is 9.72. The highest BCUT2D eigenvalue weighted by Crippen LogP contribution is 2.59. The predicted molar refractivity (Wildman–Crippen MR) is 166 cm³/mol. The summed E-state index contributed by atoms with van der Waals surface area (Å²) in [7, 11) is 0. The molecule has 0 aromatic rings. The second kappa shape index (κ2) is 13.9. The van der Waals surface area contributed by atoms with E-state index in [1.165, 1.54) is 6.92 Å². The fourth-order valence-corrected chi connectivity index (χ4v) is 6.15. The van der Waals surface area contributed by atoms with Crippen molar-refractivity contribution in [3.8, 4) is 0 Å². The first kappa shape index (κ1) is 39.6. The number of hydrogen-bond acceptors (Lipinski definition) is 7. The first-order valence-corrected chi connectivity index (χ1v) is 15.1. The molecule has 0 rings (SSSR count). The van der Waals surface area contributed by atoms with Crippen molar-refractivity contribution in [2.24, 2.45) is 32.5 Å². The molecule has 7 nitrogen and oxygen atoms in total. The third-order valence-electron chi connectivity index (χ3n) is 9.72. The Morgan fingerprint density at radius 1 is 0.780 bits per heavy atom. The maximum absolute atomic E-state index is 12.4. The molecule has 5 atom stereocenters. The van der Waals surface area contributed by atoms with E-state index in [-0.39, 0.29) is 41.7 Å². The lowest BCUT2D eigenvalue weighted by molar-refractivity contribution is -0.220. The fraction of sp³-hybridized carbons (Fsp3) is 0.882. The molecule has 0 aromatic carbocycles. The molecule has 5 unspecified atom stereocenters. The standard InChI is InChI=1S/C34H64O7/c1-18-34(17,31(11,12)25(41-23(4)35)19-29(5,6)7)27(38)32(13,14)33(15,16)28(30(8,9)10)40-21-24(36)20-39-26(37)22(2)3/h24-25,27-28,36,38H,2,18-21H2,1,3-17H3. The molecule has 0 amide bonds. The van der Waals surface area contributed by atoms with E-state index in [1.54, 1.807) is 6.92 Å². The molecule has 0 aromatic heterocycles. The summed E-state index contributed by atoms with van der Waals surface area (Å²) in [5.41, 5.74) is -2.66. The molecule has 242 valence electrons. The van der Waals surface area contributed by atoms with Gasteiger partial charge in [-0.2, -0.15) is 0 Å². The molecule has 2 N–H and O–H groups in total. The summed E-state index contributed by atoms with van der Waals surface area (Å²) in [6.07, 6.45) is -1.27. The Morgan fingerprint density at radius 2 is 1.27 bits per heavy atom. The predicted octanol–water partition coefficient (Wildman–Crippen LogP) is 7.12. The SMILES string of the molecule is C=C(C)C(=O)OCC(O)COC(C(C)(C)C)C(C)(C)C(C)(C)C(O)C(C)(CC)C(C)(C)C(CC(C)(C)C)OC(C)=O. The van der Waals surface area contributed by atoms with E-state index in [9.17, 15) is 19.8 Å². The van der Waals surface area contributed by atoms with Crippen LogP contribution < -0.4 is 0 Å². The average Bonchev–Trinajstić information content (AvgIpc) is 2.78. The fourth-order valence-electron chi connectivity index (χ4n) is 6.15. The number of hydrogen-bond donors (Lipinski definition) is 2. The topological polar surface area (TPSA) is 102 Å². The highest BCUT2D eigenvalue weighted by atomic mass is 16.6. The van der Waals surface area contributed by atoms with Crippen LogP contribution in [0.5, 0.6) is 0 Å². The van der Waals surface area contributed by atoms with Crippen molar-refractivity contribution in [3.63, 3.8) is 0 Å². The number of aliphatic hydroxyl groups excluding tert-OH is 2. The molecule has 0 fully saturated rings. The maximum atomic E-state index is 12.4. The molecule has 7 heteroatoms. The zero-order chi connectivity index (χ0) is 33.0. The Balaban J connectivity index is 6.46. The zero-order valence-corrected chi connectivity index (χ0v) is 29.3. The molecule has 41 heavy (non-hydrogen) atoms. The monoisotopic (exact) mass is 584 g/mol. The minimum Gasteiger partial charge on any atom is -0.462 e. The lowest BCUT2D eigenvalue weighted by atomic mass is 9.48. The van der Waals surface area contributed by atoms with E-state index in [0.717, 1.165) is 0 Å². The summed E-state index contributed by atoms with van der Waals surface area (Å²) in [5.74, 6) is -0.880. The lowest BCUT2D eigenvalue weighted by Crippen LogP contribution is -2.62. The second-order valence-electron chi connectivity index (χ2n) is 16.3. The maximum Gasteiger partial charge on any atom is 0.333 e.